The zero-order valence-electron chi connectivity index (χ0n) is 10.2. The van der Waals surface area contributed by atoms with E-state index in [-0.39, 0.29) is 5.91 Å². The number of carbonyl (C=O) groups is 1. The van der Waals surface area contributed by atoms with E-state index < -0.39 is 0 Å². The molecule has 1 saturated heterocycles. The van der Waals surface area contributed by atoms with Gasteiger partial charge in [-0.15, -0.1) is 5.10 Å². The molecule has 0 atom stereocenters. The zero-order chi connectivity index (χ0) is 12.4. The summed E-state index contributed by atoms with van der Waals surface area (Å²) in [6, 6.07) is 1.14. The molecular formula is C11H17N5O2. The summed E-state index contributed by atoms with van der Waals surface area (Å²) in [7, 11) is 0. The standard InChI is InChI=1S/C11H17N5O2/c17-9-3-5-16(6-4-12-9)11-15-14-10(18-11)7-13-8-1-2-8/h8,13H,1-7H2,(H,12,17). The van der Waals surface area contributed by atoms with Crippen molar-refractivity contribution < 1.29 is 9.21 Å². The van der Waals surface area contributed by atoms with E-state index in [4.69, 9.17) is 4.42 Å². The smallest absolute Gasteiger partial charge is 0.318 e. The van der Waals surface area contributed by atoms with Crippen LogP contribution in [-0.4, -0.2) is 41.8 Å². The quantitative estimate of drug-likeness (QED) is 0.761. The molecule has 98 valence electrons. The molecule has 0 unspecified atom stereocenters. The SMILES string of the molecule is O=C1CCN(c2nnc(CNC3CC3)o2)CCN1. The number of hydrogen-bond donors (Lipinski definition) is 2. The van der Waals surface area contributed by atoms with Gasteiger partial charge in [0.05, 0.1) is 6.54 Å². The van der Waals surface area contributed by atoms with Crippen molar-refractivity contribution in [3.05, 3.63) is 5.89 Å². The zero-order valence-corrected chi connectivity index (χ0v) is 10.2. The highest BCUT2D eigenvalue weighted by atomic mass is 16.4. The molecule has 1 amide bonds. The van der Waals surface area contributed by atoms with Crippen molar-refractivity contribution in [2.45, 2.75) is 31.8 Å². The van der Waals surface area contributed by atoms with E-state index in [9.17, 15) is 4.79 Å². The molecule has 0 radical (unpaired) electrons. The number of hydrogen-bond acceptors (Lipinski definition) is 6. The van der Waals surface area contributed by atoms with Gasteiger partial charge in [-0.3, -0.25) is 4.79 Å². The molecule has 0 aromatic carbocycles. The van der Waals surface area contributed by atoms with Gasteiger partial charge in [0.25, 0.3) is 0 Å². The van der Waals surface area contributed by atoms with Gasteiger partial charge in [-0.1, -0.05) is 5.10 Å². The molecule has 2 fully saturated rings. The first kappa shape index (κ1) is 11.5. The minimum absolute atomic E-state index is 0.0765. The molecule has 1 aliphatic heterocycles. The molecule has 1 aromatic rings. The highest BCUT2D eigenvalue weighted by Gasteiger charge is 2.22. The van der Waals surface area contributed by atoms with E-state index in [0.717, 1.165) is 0 Å². The van der Waals surface area contributed by atoms with Crippen LogP contribution in [0.1, 0.15) is 25.2 Å². The maximum absolute atomic E-state index is 11.2. The Hall–Kier alpha value is -1.63. The Balaban J connectivity index is 1.58. The molecule has 0 spiro atoms. The third-order valence-electron chi connectivity index (χ3n) is 3.16. The second kappa shape index (κ2) is 4.93. The van der Waals surface area contributed by atoms with Gasteiger partial charge in [0.1, 0.15) is 0 Å². The van der Waals surface area contributed by atoms with Gasteiger partial charge in [0.15, 0.2) is 0 Å². The fourth-order valence-corrected chi connectivity index (χ4v) is 1.92. The van der Waals surface area contributed by atoms with Crippen LogP contribution in [0.5, 0.6) is 0 Å². The van der Waals surface area contributed by atoms with Crippen molar-refractivity contribution >= 4 is 11.9 Å². The lowest BCUT2D eigenvalue weighted by molar-refractivity contribution is -0.120. The van der Waals surface area contributed by atoms with Crippen LogP contribution in [0, 0.1) is 0 Å². The van der Waals surface area contributed by atoms with Crippen LogP contribution in [0.15, 0.2) is 4.42 Å². The van der Waals surface area contributed by atoms with Crippen molar-refractivity contribution in [3.8, 4) is 0 Å². The van der Waals surface area contributed by atoms with E-state index in [1.54, 1.807) is 0 Å². The first-order valence-corrected chi connectivity index (χ1v) is 6.39. The number of amides is 1. The average molecular weight is 251 g/mol. The van der Waals surface area contributed by atoms with Crippen molar-refractivity contribution in [2.24, 2.45) is 0 Å². The molecule has 3 rings (SSSR count). The molecule has 2 aliphatic rings. The minimum atomic E-state index is 0.0765. The first-order chi connectivity index (χ1) is 8.81. The predicted molar refractivity (Wildman–Crippen MR) is 64.0 cm³/mol. The Morgan fingerprint density at radius 1 is 1.39 bits per heavy atom. The summed E-state index contributed by atoms with van der Waals surface area (Å²) in [4.78, 5) is 13.2. The van der Waals surface area contributed by atoms with E-state index in [1.807, 2.05) is 4.90 Å². The molecule has 0 bridgehead atoms. The number of aromatic nitrogens is 2. The summed E-state index contributed by atoms with van der Waals surface area (Å²) in [5, 5.41) is 14.2. The van der Waals surface area contributed by atoms with E-state index in [1.165, 1.54) is 12.8 Å². The summed E-state index contributed by atoms with van der Waals surface area (Å²) in [6.45, 7) is 2.59. The van der Waals surface area contributed by atoms with Crippen molar-refractivity contribution in [1.82, 2.24) is 20.8 Å². The van der Waals surface area contributed by atoms with Crippen LogP contribution in [0.2, 0.25) is 0 Å². The number of carbonyl (C=O) groups excluding carboxylic acids is 1. The van der Waals surface area contributed by atoms with E-state index >= 15 is 0 Å². The average Bonchev–Trinajstić information content (AvgIpc) is 3.12. The van der Waals surface area contributed by atoms with E-state index in [2.05, 4.69) is 20.8 Å². The molecule has 2 N–H and O–H groups in total. The van der Waals surface area contributed by atoms with Crippen molar-refractivity contribution in [2.75, 3.05) is 24.5 Å². The monoisotopic (exact) mass is 251 g/mol. The number of rotatable bonds is 4. The van der Waals surface area contributed by atoms with Crippen LogP contribution in [0.25, 0.3) is 0 Å². The second-order valence-electron chi connectivity index (χ2n) is 4.72. The van der Waals surface area contributed by atoms with Gasteiger partial charge in [0.2, 0.25) is 11.8 Å². The Morgan fingerprint density at radius 2 is 2.28 bits per heavy atom. The maximum atomic E-state index is 11.2. The molecular weight excluding hydrogens is 234 g/mol. The fraction of sp³-hybridized carbons (Fsp3) is 0.727. The van der Waals surface area contributed by atoms with Gasteiger partial charge < -0.3 is 20.0 Å². The molecule has 7 nitrogen and oxygen atoms in total. The lowest BCUT2D eigenvalue weighted by Gasteiger charge is -2.15. The lowest BCUT2D eigenvalue weighted by Crippen LogP contribution is -2.28. The summed E-state index contributed by atoms with van der Waals surface area (Å²) in [5.41, 5.74) is 0. The minimum Gasteiger partial charge on any atom is -0.407 e. The Bertz CT molecular complexity index is 429. The predicted octanol–water partition coefficient (Wildman–Crippen LogP) is -0.352. The number of nitrogens with one attached hydrogen (secondary N) is 2. The Kier molecular flexibility index (Phi) is 3.14. The van der Waals surface area contributed by atoms with E-state index in [0.29, 0.717) is 50.5 Å². The van der Waals surface area contributed by atoms with Crippen LogP contribution in [-0.2, 0) is 11.3 Å². The Labute approximate surface area is 105 Å². The molecule has 1 aromatic heterocycles. The third kappa shape index (κ3) is 2.79. The van der Waals surface area contributed by atoms with Gasteiger partial charge in [-0.2, -0.15) is 0 Å². The van der Waals surface area contributed by atoms with Crippen LogP contribution < -0.4 is 15.5 Å². The van der Waals surface area contributed by atoms with Gasteiger partial charge >= 0.3 is 6.01 Å². The van der Waals surface area contributed by atoms with Crippen LogP contribution >= 0.6 is 0 Å². The first-order valence-electron chi connectivity index (χ1n) is 6.39. The molecule has 18 heavy (non-hydrogen) atoms. The topological polar surface area (TPSA) is 83.3 Å². The van der Waals surface area contributed by atoms with Gasteiger partial charge in [-0.25, -0.2) is 0 Å². The highest BCUT2D eigenvalue weighted by molar-refractivity contribution is 5.76. The fourth-order valence-electron chi connectivity index (χ4n) is 1.92. The maximum Gasteiger partial charge on any atom is 0.318 e. The lowest BCUT2D eigenvalue weighted by atomic mass is 10.4. The summed E-state index contributed by atoms with van der Waals surface area (Å²) >= 11 is 0. The number of anilines is 1. The van der Waals surface area contributed by atoms with Crippen molar-refractivity contribution in [3.63, 3.8) is 0 Å². The highest BCUT2D eigenvalue weighted by Crippen LogP contribution is 2.20. The summed E-state index contributed by atoms with van der Waals surface area (Å²) in [6.07, 6.45) is 2.94. The molecule has 7 heteroatoms. The number of nitrogens with zero attached hydrogens (tertiary/aromatic N) is 3. The van der Waals surface area contributed by atoms with Crippen molar-refractivity contribution in [1.29, 1.82) is 0 Å². The second-order valence-corrected chi connectivity index (χ2v) is 4.72. The Morgan fingerprint density at radius 3 is 3.11 bits per heavy atom. The van der Waals surface area contributed by atoms with Gasteiger partial charge in [-0.05, 0) is 12.8 Å². The van der Waals surface area contributed by atoms with Crippen LogP contribution in [0.4, 0.5) is 6.01 Å². The molecule has 1 aliphatic carbocycles. The summed E-state index contributed by atoms with van der Waals surface area (Å²) < 4.78 is 5.59. The largest absolute Gasteiger partial charge is 0.407 e. The third-order valence-corrected chi connectivity index (χ3v) is 3.16. The molecule has 2 heterocycles. The molecule has 1 saturated carbocycles. The van der Waals surface area contributed by atoms with Gasteiger partial charge in [0, 0.05) is 32.1 Å². The normalized spacial score (nSPS) is 20.7. The van der Waals surface area contributed by atoms with Crippen LogP contribution in [0.3, 0.4) is 0 Å². The summed E-state index contributed by atoms with van der Waals surface area (Å²) in [5.74, 6) is 0.688.